The number of hydrogen-bond acceptors (Lipinski definition) is 4. The van der Waals surface area contributed by atoms with E-state index in [4.69, 9.17) is 0 Å². The zero-order valence-corrected chi connectivity index (χ0v) is 19.8. The number of nitrogens with one attached hydrogen (secondary N) is 2. The number of aromatic nitrogens is 1. The molecule has 2 N–H and O–H groups in total. The normalized spacial score (nSPS) is 19.4. The first-order chi connectivity index (χ1) is 16.3. The summed E-state index contributed by atoms with van der Waals surface area (Å²) in [5, 5.41) is 2.99. The summed E-state index contributed by atoms with van der Waals surface area (Å²) in [4.78, 5) is 17.2. The monoisotopic (exact) mass is 481 g/mol. The van der Waals surface area contributed by atoms with Crippen LogP contribution in [0.4, 0.5) is 4.39 Å². The summed E-state index contributed by atoms with van der Waals surface area (Å²) in [7, 11) is -3.66. The zero-order chi connectivity index (χ0) is 24.1. The Morgan fingerprint density at radius 1 is 0.971 bits per heavy atom. The van der Waals surface area contributed by atoms with Crippen molar-refractivity contribution in [2.75, 3.05) is 0 Å². The molecule has 1 heterocycles. The first kappa shape index (κ1) is 24.0. The molecule has 178 valence electrons. The average Bonchev–Trinajstić information content (AvgIpc) is 2.85. The van der Waals surface area contributed by atoms with Gasteiger partial charge in [0.1, 0.15) is 5.82 Å². The number of carbonyl (C=O) groups is 1. The fraction of sp³-hybridized carbons (Fsp3) is 0.308. The molecule has 1 amide bonds. The first-order valence-electron chi connectivity index (χ1n) is 11.4. The lowest BCUT2D eigenvalue weighted by atomic mass is 9.85. The molecule has 4 rings (SSSR count). The zero-order valence-electron chi connectivity index (χ0n) is 18.9. The first-order valence-corrected chi connectivity index (χ1v) is 12.9. The summed E-state index contributed by atoms with van der Waals surface area (Å²) in [6, 6.07) is 17.9. The molecule has 0 radical (unpaired) electrons. The van der Waals surface area contributed by atoms with E-state index in [1.54, 1.807) is 42.6 Å². The molecule has 1 fully saturated rings. The molecule has 3 aromatic rings. The Morgan fingerprint density at radius 2 is 1.65 bits per heavy atom. The van der Waals surface area contributed by atoms with Crippen LogP contribution in [0.1, 0.15) is 44.2 Å². The van der Waals surface area contributed by atoms with Gasteiger partial charge in [-0.1, -0.05) is 30.3 Å². The van der Waals surface area contributed by atoms with E-state index in [-0.39, 0.29) is 34.6 Å². The summed E-state index contributed by atoms with van der Waals surface area (Å²) in [6.07, 6.45) is 4.09. The standard InChI is InChI=1S/C26H28FN3O3S/c1-18(19-5-11-22(27)12-6-19)29-26(31)21-7-13-23(14-8-21)30-34(32,33)24-15-9-20(10-16-24)25-4-2-3-17-28-25/h2-6,9-12,15-18,21,23,30H,7-8,13-14H2,1H3,(H,29,31)/t18-,21?,23?/m1/s1. The summed E-state index contributed by atoms with van der Waals surface area (Å²) in [6.45, 7) is 1.87. The van der Waals surface area contributed by atoms with Crippen LogP contribution < -0.4 is 10.0 Å². The minimum Gasteiger partial charge on any atom is -0.349 e. The summed E-state index contributed by atoms with van der Waals surface area (Å²) < 4.78 is 41.6. The second-order valence-electron chi connectivity index (χ2n) is 8.69. The Labute approximate surface area is 199 Å². The van der Waals surface area contributed by atoms with Crippen LogP contribution in [0.25, 0.3) is 11.3 Å². The van der Waals surface area contributed by atoms with Crippen LogP contribution in [0, 0.1) is 11.7 Å². The van der Waals surface area contributed by atoms with Crippen LogP contribution in [0.15, 0.2) is 77.8 Å². The summed E-state index contributed by atoms with van der Waals surface area (Å²) >= 11 is 0. The summed E-state index contributed by atoms with van der Waals surface area (Å²) in [5.74, 6) is -0.531. The second-order valence-corrected chi connectivity index (χ2v) is 10.4. The van der Waals surface area contributed by atoms with E-state index < -0.39 is 10.0 Å². The maximum atomic E-state index is 13.1. The lowest BCUT2D eigenvalue weighted by Crippen LogP contribution is -2.41. The number of carbonyl (C=O) groups excluding carboxylic acids is 1. The molecule has 34 heavy (non-hydrogen) atoms. The maximum absolute atomic E-state index is 13.1. The van der Waals surface area contributed by atoms with E-state index in [9.17, 15) is 17.6 Å². The molecule has 0 bridgehead atoms. The Balaban J connectivity index is 1.30. The third-order valence-corrected chi connectivity index (χ3v) is 7.81. The number of amides is 1. The van der Waals surface area contributed by atoms with Gasteiger partial charge >= 0.3 is 0 Å². The van der Waals surface area contributed by atoms with Crippen molar-refractivity contribution >= 4 is 15.9 Å². The largest absolute Gasteiger partial charge is 0.349 e. The van der Waals surface area contributed by atoms with E-state index in [0.29, 0.717) is 25.7 Å². The molecule has 1 atom stereocenters. The van der Waals surface area contributed by atoms with Gasteiger partial charge in [-0.05, 0) is 74.6 Å². The van der Waals surface area contributed by atoms with E-state index in [1.807, 2.05) is 25.1 Å². The smallest absolute Gasteiger partial charge is 0.240 e. The molecular weight excluding hydrogens is 453 g/mol. The van der Waals surface area contributed by atoms with Crippen molar-refractivity contribution in [1.29, 1.82) is 0 Å². The average molecular weight is 482 g/mol. The van der Waals surface area contributed by atoms with Gasteiger partial charge in [-0.2, -0.15) is 0 Å². The van der Waals surface area contributed by atoms with Gasteiger partial charge in [0, 0.05) is 23.7 Å². The van der Waals surface area contributed by atoms with E-state index in [0.717, 1.165) is 16.8 Å². The molecule has 2 aromatic carbocycles. The fourth-order valence-corrected chi connectivity index (χ4v) is 5.57. The van der Waals surface area contributed by atoms with Crippen LogP contribution in [0.5, 0.6) is 0 Å². The SMILES string of the molecule is C[C@@H](NC(=O)C1CCC(NS(=O)(=O)c2ccc(-c3ccccn3)cc2)CC1)c1ccc(F)cc1. The van der Waals surface area contributed by atoms with Gasteiger partial charge in [-0.25, -0.2) is 17.5 Å². The third-order valence-electron chi connectivity index (χ3n) is 6.27. The van der Waals surface area contributed by atoms with Crippen molar-refractivity contribution in [3.8, 4) is 11.3 Å². The number of rotatable bonds is 7. The van der Waals surface area contributed by atoms with Crippen molar-refractivity contribution in [1.82, 2.24) is 15.0 Å². The van der Waals surface area contributed by atoms with Crippen LogP contribution in [-0.4, -0.2) is 25.4 Å². The number of nitrogens with zero attached hydrogens (tertiary/aromatic N) is 1. The van der Waals surface area contributed by atoms with E-state index in [1.165, 1.54) is 12.1 Å². The Hall–Kier alpha value is -3.10. The molecule has 8 heteroatoms. The number of sulfonamides is 1. The topological polar surface area (TPSA) is 88.2 Å². The highest BCUT2D eigenvalue weighted by molar-refractivity contribution is 7.89. The quantitative estimate of drug-likeness (QED) is 0.516. The predicted molar refractivity (Wildman–Crippen MR) is 129 cm³/mol. The minimum absolute atomic E-state index is 0.0526. The summed E-state index contributed by atoms with van der Waals surface area (Å²) in [5.41, 5.74) is 2.47. The van der Waals surface area contributed by atoms with Crippen LogP contribution in [0.3, 0.4) is 0 Å². The van der Waals surface area contributed by atoms with Crippen LogP contribution in [0.2, 0.25) is 0 Å². The highest BCUT2D eigenvalue weighted by Gasteiger charge is 2.29. The lowest BCUT2D eigenvalue weighted by molar-refractivity contribution is -0.126. The molecule has 0 spiro atoms. The molecule has 0 saturated heterocycles. The Kier molecular flexibility index (Phi) is 7.38. The van der Waals surface area contributed by atoms with Gasteiger partial charge in [-0.3, -0.25) is 9.78 Å². The number of hydrogen-bond donors (Lipinski definition) is 2. The number of pyridine rings is 1. The molecule has 1 aliphatic carbocycles. The Bertz CT molecular complexity index is 1210. The lowest BCUT2D eigenvalue weighted by Gasteiger charge is -2.29. The molecule has 0 aliphatic heterocycles. The van der Waals surface area contributed by atoms with Gasteiger partial charge < -0.3 is 5.32 Å². The van der Waals surface area contributed by atoms with Crippen molar-refractivity contribution in [2.24, 2.45) is 5.92 Å². The van der Waals surface area contributed by atoms with Gasteiger partial charge in [0.2, 0.25) is 15.9 Å². The van der Waals surface area contributed by atoms with Gasteiger partial charge in [0.15, 0.2) is 0 Å². The van der Waals surface area contributed by atoms with Gasteiger partial charge in [-0.15, -0.1) is 0 Å². The highest BCUT2D eigenvalue weighted by Crippen LogP contribution is 2.27. The Morgan fingerprint density at radius 3 is 2.26 bits per heavy atom. The molecule has 1 aliphatic rings. The maximum Gasteiger partial charge on any atom is 0.240 e. The number of benzene rings is 2. The molecule has 1 saturated carbocycles. The molecular formula is C26H28FN3O3S. The van der Waals surface area contributed by atoms with Crippen LogP contribution in [-0.2, 0) is 14.8 Å². The second kappa shape index (κ2) is 10.4. The van der Waals surface area contributed by atoms with Crippen molar-refractivity contribution < 1.29 is 17.6 Å². The predicted octanol–water partition coefficient (Wildman–Crippen LogP) is 4.60. The third kappa shape index (κ3) is 5.87. The van der Waals surface area contributed by atoms with E-state index in [2.05, 4.69) is 15.0 Å². The molecule has 6 nitrogen and oxygen atoms in total. The van der Waals surface area contributed by atoms with Crippen molar-refractivity contribution in [3.05, 3.63) is 84.3 Å². The highest BCUT2D eigenvalue weighted by atomic mass is 32.2. The van der Waals surface area contributed by atoms with Crippen LogP contribution >= 0.6 is 0 Å². The number of halogens is 1. The minimum atomic E-state index is -3.66. The molecule has 1 aromatic heterocycles. The van der Waals surface area contributed by atoms with Gasteiger partial charge in [0.05, 0.1) is 16.6 Å². The van der Waals surface area contributed by atoms with E-state index >= 15 is 0 Å². The van der Waals surface area contributed by atoms with Crippen molar-refractivity contribution in [2.45, 2.75) is 49.6 Å². The fourth-order valence-electron chi connectivity index (χ4n) is 4.27. The molecule has 0 unspecified atom stereocenters. The van der Waals surface area contributed by atoms with Crippen molar-refractivity contribution in [3.63, 3.8) is 0 Å². The van der Waals surface area contributed by atoms with Gasteiger partial charge in [0.25, 0.3) is 0 Å².